The zero-order valence-corrected chi connectivity index (χ0v) is 6.11. The van der Waals surface area contributed by atoms with Gasteiger partial charge in [0.2, 0.25) is 0 Å². The van der Waals surface area contributed by atoms with Crippen LogP contribution in [0.15, 0.2) is 0 Å². The van der Waals surface area contributed by atoms with Gasteiger partial charge in [-0.15, -0.1) is 0 Å². The first kappa shape index (κ1) is 5.72. The highest BCUT2D eigenvalue weighted by atomic mass is 15.0. The van der Waals surface area contributed by atoms with E-state index in [0.717, 1.165) is 6.04 Å². The Morgan fingerprint density at radius 1 is 1.33 bits per heavy atom. The summed E-state index contributed by atoms with van der Waals surface area (Å²) in [6, 6.07) is 0.878. The van der Waals surface area contributed by atoms with E-state index in [0.29, 0.717) is 5.54 Å². The van der Waals surface area contributed by atoms with E-state index in [1.165, 1.54) is 32.1 Å². The maximum absolute atomic E-state index is 3.67. The molecule has 2 atom stereocenters. The zero-order valence-electron chi connectivity index (χ0n) is 6.11. The first-order chi connectivity index (χ1) is 4.29. The van der Waals surface area contributed by atoms with Crippen LogP contribution in [0.4, 0.5) is 0 Å². The van der Waals surface area contributed by atoms with Gasteiger partial charge in [0, 0.05) is 11.6 Å². The van der Waals surface area contributed by atoms with Crippen molar-refractivity contribution in [1.29, 1.82) is 0 Å². The van der Waals surface area contributed by atoms with Crippen LogP contribution in [0.2, 0.25) is 0 Å². The average molecular weight is 125 g/mol. The van der Waals surface area contributed by atoms with Gasteiger partial charge in [-0.3, -0.25) is 0 Å². The van der Waals surface area contributed by atoms with Crippen LogP contribution in [0.5, 0.6) is 0 Å². The van der Waals surface area contributed by atoms with Gasteiger partial charge in [0.05, 0.1) is 0 Å². The van der Waals surface area contributed by atoms with E-state index in [1.54, 1.807) is 0 Å². The van der Waals surface area contributed by atoms with Gasteiger partial charge < -0.3 is 5.32 Å². The summed E-state index contributed by atoms with van der Waals surface area (Å²) < 4.78 is 0. The average Bonchev–Trinajstić information content (AvgIpc) is 2.07. The van der Waals surface area contributed by atoms with E-state index in [-0.39, 0.29) is 0 Å². The van der Waals surface area contributed by atoms with Gasteiger partial charge in [-0.1, -0.05) is 6.42 Å². The van der Waals surface area contributed by atoms with Crippen LogP contribution in [-0.4, -0.2) is 11.6 Å². The molecule has 2 fully saturated rings. The SMILES string of the molecule is CC12CCC[C@H](CC1)N2. The topological polar surface area (TPSA) is 12.0 Å². The monoisotopic (exact) mass is 125 g/mol. The Morgan fingerprint density at radius 3 is 2.89 bits per heavy atom. The lowest BCUT2D eigenvalue weighted by molar-refractivity contribution is 0.300. The molecule has 0 aromatic heterocycles. The van der Waals surface area contributed by atoms with Gasteiger partial charge in [0.15, 0.2) is 0 Å². The van der Waals surface area contributed by atoms with Crippen molar-refractivity contribution in [2.24, 2.45) is 0 Å². The molecule has 2 rings (SSSR count). The van der Waals surface area contributed by atoms with Gasteiger partial charge in [-0.25, -0.2) is 0 Å². The van der Waals surface area contributed by atoms with Gasteiger partial charge in [-0.05, 0) is 32.6 Å². The largest absolute Gasteiger partial charge is 0.309 e. The Kier molecular flexibility index (Phi) is 1.10. The van der Waals surface area contributed by atoms with Crippen molar-refractivity contribution in [3.63, 3.8) is 0 Å². The lowest BCUT2D eigenvalue weighted by Crippen LogP contribution is -2.43. The van der Waals surface area contributed by atoms with E-state index >= 15 is 0 Å². The van der Waals surface area contributed by atoms with Crippen molar-refractivity contribution in [3.8, 4) is 0 Å². The van der Waals surface area contributed by atoms with E-state index in [9.17, 15) is 0 Å². The minimum Gasteiger partial charge on any atom is -0.309 e. The summed E-state index contributed by atoms with van der Waals surface area (Å²) in [4.78, 5) is 0. The van der Waals surface area contributed by atoms with Gasteiger partial charge >= 0.3 is 0 Å². The maximum Gasteiger partial charge on any atom is 0.0156 e. The third kappa shape index (κ3) is 0.877. The minimum atomic E-state index is 0.545. The molecule has 9 heavy (non-hydrogen) atoms. The normalized spacial score (nSPS) is 49.7. The number of nitrogens with one attached hydrogen (secondary N) is 1. The number of piperidine rings is 1. The van der Waals surface area contributed by atoms with Crippen LogP contribution < -0.4 is 5.32 Å². The predicted molar refractivity (Wildman–Crippen MR) is 38.4 cm³/mol. The van der Waals surface area contributed by atoms with Gasteiger partial charge in [0.25, 0.3) is 0 Å². The van der Waals surface area contributed by atoms with E-state index in [1.807, 2.05) is 0 Å². The third-order valence-corrected chi connectivity index (χ3v) is 2.88. The second-order valence-electron chi connectivity index (χ2n) is 3.83. The van der Waals surface area contributed by atoms with Gasteiger partial charge in [0.1, 0.15) is 0 Å². The molecule has 2 aliphatic rings. The number of fused-ring (bicyclic) bond motifs is 2. The Labute approximate surface area is 56.8 Å². The molecule has 0 saturated carbocycles. The molecule has 1 N–H and O–H groups in total. The molecule has 2 aliphatic heterocycles. The fourth-order valence-corrected chi connectivity index (χ4v) is 2.28. The van der Waals surface area contributed by atoms with Crippen LogP contribution in [-0.2, 0) is 0 Å². The van der Waals surface area contributed by atoms with E-state index in [4.69, 9.17) is 0 Å². The number of hydrogen-bond acceptors (Lipinski definition) is 1. The van der Waals surface area contributed by atoms with Crippen molar-refractivity contribution in [2.45, 2.75) is 50.6 Å². The molecule has 0 spiro atoms. The Hall–Kier alpha value is -0.0400. The van der Waals surface area contributed by atoms with E-state index < -0.39 is 0 Å². The minimum absolute atomic E-state index is 0.545. The quantitative estimate of drug-likeness (QED) is 0.519. The first-order valence-electron chi connectivity index (χ1n) is 4.06. The molecule has 52 valence electrons. The molecule has 1 nitrogen and oxygen atoms in total. The molecule has 2 heterocycles. The molecule has 1 heteroatoms. The lowest BCUT2D eigenvalue weighted by atomic mass is 9.93. The molecular formula is C8H15N. The van der Waals surface area contributed by atoms with E-state index in [2.05, 4.69) is 12.2 Å². The zero-order chi connectivity index (χ0) is 6.32. The smallest absolute Gasteiger partial charge is 0.0156 e. The molecule has 0 radical (unpaired) electrons. The van der Waals surface area contributed by atoms with Crippen LogP contribution in [0.1, 0.15) is 39.0 Å². The van der Waals surface area contributed by atoms with Crippen LogP contribution in [0, 0.1) is 0 Å². The molecule has 0 amide bonds. The highest BCUT2D eigenvalue weighted by molar-refractivity contribution is 4.97. The summed E-state index contributed by atoms with van der Waals surface area (Å²) in [5.74, 6) is 0. The van der Waals surface area contributed by atoms with Crippen LogP contribution in [0.3, 0.4) is 0 Å². The molecule has 1 unspecified atom stereocenters. The van der Waals surface area contributed by atoms with Crippen molar-refractivity contribution in [3.05, 3.63) is 0 Å². The molecule has 2 saturated heterocycles. The predicted octanol–water partition coefficient (Wildman–Crippen LogP) is 1.68. The first-order valence-corrected chi connectivity index (χ1v) is 4.06. The fourth-order valence-electron chi connectivity index (χ4n) is 2.28. The second-order valence-corrected chi connectivity index (χ2v) is 3.83. The van der Waals surface area contributed by atoms with Gasteiger partial charge in [-0.2, -0.15) is 0 Å². The molecule has 0 aromatic carbocycles. The molecule has 0 aromatic rings. The summed E-state index contributed by atoms with van der Waals surface area (Å²) in [6.45, 7) is 2.37. The van der Waals surface area contributed by atoms with Crippen LogP contribution >= 0.6 is 0 Å². The van der Waals surface area contributed by atoms with Crippen molar-refractivity contribution in [1.82, 2.24) is 5.32 Å². The highest BCUT2D eigenvalue weighted by Gasteiger charge is 2.36. The Morgan fingerprint density at radius 2 is 2.22 bits per heavy atom. The standard InChI is InChI=1S/C8H15N/c1-8-5-2-3-7(9-8)4-6-8/h7,9H,2-6H2,1H3/t7-,8?/m1/s1. The Balaban J connectivity index is 2.13. The maximum atomic E-state index is 3.67. The van der Waals surface area contributed by atoms with Crippen molar-refractivity contribution >= 4 is 0 Å². The summed E-state index contributed by atoms with van der Waals surface area (Å²) in [5, 5.41) is 3.67. The second kappa shape index (κ2) is 1.72. The molecular weight excluding hydrogens is 110 g/mol. The Bertz CT molecular complexity index is 118. The number of hydrogen-bond donors (Lipinski definition) is 1. The van der Waals surface area contributed by atoms with Crippen LogP contribution in [0.25, 0.3) is 0 Å². The summed E-state index contributed by atoms with van der Waals surface area (Å²) in [5.41, 5.74) is 0.545. The summed E-state index contributed by atoms with van der Waals surface area (Å²) >= 11 is 0. The highest BCUT2D eigenvalue weighted by Crippen LogP contribution is 2.34. The fraction of sp³-hybridized carbons (Fsp3) is 1.00. The third-order valence-electron chi connectivity index (χ3n) is 2.88. The summed E-state index contributed by atoms with van der Waals surface area (Å²) in [7, 11) is 0. The molecule has 0 aliphatic carbocycles. The lowest BCUT2D eigenvalue weighted by Gasteiger charge is -2.30. The number of rotatable bonds is 0. The van der Waals surface area contributed by atoms with Crippen molar-refractivity contribution in [2.75, 3.05) is 0 Å². The molecule has 2 bridgehead atoms. The summed E-state index contributed by atoms with van der Waals surface area (Å²) in [6.07, 6.45) is 7.13. The van der Waals surface area contributed by atoms with Crippen molar-refractivity contribution < 1.29 is 0 Å².